The number of nitrogens with zero attached hydrogens (tertiary/aromatic N) is 1. The molecule has 0 saturated carbocycles. The first-order valence-corrected chi connectivity index (χ1v) is 6.99. The number of sulfonamides is 1. The Bertz CT molecular complexity index is 725. The van der Waals surface area contributed by atoms with E-state index in [1.54, 1.807) is 6.07 Å². The number of carboxylic acid groups (broad SMARTS) is 1. The predicted octanol–water partition coefficient (Wildman–Crippen LogP) is 0.169. The van der Waals surface area contributed by atoms with Crippen LogP contribution in [0.1, 0.15) is 16.1 Å². The Hall–Kier alpha value is -2.39. The monoisotopic (exact) mass is 296 g/mol. The van der Waals surface area contributed by atoms with Gasteiger partial charge in [-0.15, -0.1) is 0 Å². The third-order valence-corrected chi connectivity index (χ3v) is 4.03. The maximum atomic E-state index is 12.1. The van der Waals surface area contributed by atoms with Crippen molar-refractivity contribution < 1.29 is 18.3 Å². The number of aromatic carboxylic acids is 1. The SMILES string of the molecule is Nc1cc(C(=O)O)ccc1S(=O)(=O)NCc1ccn[nH]1. The molecule has 20 heavy (non-hydrogen) atoms. The Kier molecular flexibility index (Phi) is 3.72. The number of nitrogens with one attached hydrogen (secondary N) is 2. The Balaban J connectivity index is 2.23. The molecule has 0 saturated heterocycles. The summed E-state index contributed by atoms with van der Waals surface area (Å²) < 4.78 is 26.5. The van der Waals surface area contributed by atoms with Crippen LogP contribution in [0.5, 0.6) is 0 Å². The summed E-state index contributed by atoms with van der Waals surface area (Å²) in [7, 11) is -3.83. The average Bonchev–Trinajstić information content (AvgIpc) is 2.89. The van der Waals surface area contributed by atoms with Gasteiger partial charge in [-0.2, -0.15) is 5.10 Å². The van der Waals surface area contributed by atoms with Crippen LogP contribution in [0.25, 0.3) is 0 Å². The molecule has 0 radical (unpaired) electrons. The van der Waals surface area contributed by atoms with E-state index in [2.05, 4.69) is 14.9 Å². The van der Waals surface area contributed by atoms with Crippen molar-refractivity contribution in [3.8, 4) is 0 Å². The van der Waals surface area contributed by atoms with Crippen LogP contribution < -0.4 is 10.5 Å². The summed E-state index contributed by atoms with van der Waals surface area (Å²) >= 11 is 0. The number of aromatic amines is 1. The molecule has 0 atom stereocenters. The number of anilines is 1. The highest BCUT2D eigenvalue weighted by atomic mass is 32.2. The molecule has 0 fully saturated rings. The van der Waals surface area contributed by atoms with E-state index in [9.17, 15) is 13.2 Å². The van der Waals surface area contributed by atoms with Gasteiger partial charge in [0.2, 0.25) is 10.0 Å². The first-order chi connectivity index (χ1) is 9.40. The van der Waals surface area contributed by atoms with E-state index < -0.39 is 16.0 Å². The molecule has 9 heteroatoms. The molecule has 2 rings (SSSR count). The molecular formula is C11H12N4O4S. The molecule has 0 unspecified atom stereocenters. The van der Waals surface area contributed by atoms with Crippen LogP contribution in [0.15, 0.2) is 35.4 Å². The van der Waals surface area contributed by atoms with Crippen molar-refractivity contribution >= 4 is 21.7 Å². The first-order valence-electron chi connectivity index (χ1n) is 5.51. The van der Waals surface area contributed by atoms with E-state index in [4.69, 9.17) is 10.8 Å². The summed E-state index contributed by atoms with van der Waals surface area (Å²) in [6.45, 7) is 0.0302. The highest BCUT2D eigenvalue weighted by Gasteiger charge is 2.18. The second-order valence-corrected chi connectivity index (χ2v) is 5.70. The summed E-state index contributed by atoms with van der Waals surface area (Å²) in [5.41, 5.74) is 5.99. The largest absolute Gasteiger partial charge is 0.478 e. The Morgan fingerprint density at radius 1 is 1.40 bits per heavy atom. The topological polar surface area (TPSA) is 138 Å². The molecule has 1 heterocycles. The van der Waals surface area contributed by atoms with Gasteiger partial charge in [0.15, 0.2) is 0 Å². The number of nitrogen functional groups attached to an aromatic ring is 1. The van der Waals surface area contributed by atoms with Crippen molar-refractivity contribution in [1.29, 1.82) is 0 Å². The van der Waals surface area contributed by atoms with E-state index >= 15 is 0 Å². The number of nitrogens with two attached hydrogens (primary N) is 1. The van der Waals surface area contributed by atoms with Gasteiger partial charge in [0.25, 0.3) is 0 Å². The van der Waals surface area contributed by atoms with Gasteiger partial charge in [-0.25, -0.2) is 17.9 Å². The van der Waals surface area contributed by atoms with Crippen LogP contribution in [-0.2, 0) is 16.6 Å². The lowest BCUT2D eigenvalue weighted by atomic mass is 10.2. The summed E-state index contributed by atoms with van der Waals surface area (Å²) in [6, 6.07) is 5.07. The van der Waals surface area contributed by atoms with Crippen molar-refractivity contribution in [2.45, 2.75) is 11.4 Å². The van der Waals surface area contributed by atoms with Gasteiger partial charge in [-0.1, -0.05) is 0 Å². The number of carbonyl (C=O) groups is 1. The van der Waals surface area contributed by atoms with Crippen LogP contribution in [0.4, 0.5) is 5.69 Å². The number of hydrogen-bond acceptors (Lipinski definition) is 5. The minimum Gasteiger partial charge on any atom is -0.478 e. The first kappa shape index (κ1) is 14.0. The quantitative estimate of drug-likeness (QED) is 0.580. The lowest BCUT2D eigenvalue weighted by Gasteiger charge is -2.09. The second kappa shape index (κ2) is 5.31. The predicted molar refractivity (Wildman–Crippen MR) is 70.4 cm³/mol. The van der Waals surface area contributed by atoms with Gasteiger partial charge in [-0.3, -0.25) is 5.10 Å². The molecule has 8 nitrogen and oxygen atoms in total. The molecule has 0 spiro atoms. The lowest BCUT2D eigenvalue weighted by Crippen LogP contribution is -2.24. The number of rotatable bonds is 5. The Morgan fingerprint density at radius 2 is 2.15 bits per heavy atom. The zero-order valence-electron chi connectivity index (χ0n) is 10.2. The minimum absolute atomic E-state index is 0.0302. The smallest absolute Gasteiger partial charge is 0.335 e. The molecule has 0 aliphatic heterocycles. The van der Waals surface area contributed by atoms with Crippen LogP contribution in [-0.4, -0.2) is 29.7 Å². The maximum absolute atomic E-state index is 12.1. The van der Waals surface area contributed by atoms with Crippen LogP contribution >= 0.6 is 0 Å². The zero-order valence-corrected chi connectivity index (χ0v) is 11.0. The zero-order chi connectivity index (χ0) is 14.8. The van der Waals surface area contributed by atoms with Crippen molar-refractivity contribution in [1.82, 2.24) is 14.9 Å². The van der Waals surface area contributed by atoms with E-state index in [1.807, 2.05) is 0 Å². The van der Waals surface area contributed by atoms with Gasteiger partial charge >= 0.3 is 5.97 Å². The van der Waals surface area contributed by atoms with Gasteiger partial charge in [-0.05, 0) is 24.3 Å². The molecule has 0 aliphatic rings. The van der Waals surface area contributed by atoms with Crippen LogP contribution in [0.3, 0.4) is 0 Å². The Labute approximate surface area is 114 Å². The van der Waals surface area contributed by atoms with Crippen molar-refractivity contribution in [3.63, 3.8) is 0 Å². The molecular weight excluding hydrogens is 284 g/mol. The van der Waals surface area contributed by atoms with Gasteiger partial charge < -0.3 is 10.8 Å². The van der Waals surface area contributed by atoms with E-state index in [0.29, 0.717) is 5.69 Å². The van der Waals surface area contributed by atoms with Crippen molar-refractivity contribution in [3.05, 3.63) is 41.7 Å². The molecule has 2 aromatic rings. The third-order valence-electron chi connectivity index (χ3n) is 2.56. The van der Waals surface area contributed by atoms with Crippen LogP contribution in [0, 0.1) is 0 Å². The highest BCUT2D eigenvalue weighted by Crippen LogP contribution is 2.19. The van der Waals surface area contributed by atoms with Gasteiger partial charge in [0.05, 0.1) is 23.5 Å². The van der Waals surface area contributed by atoms with Crippen molar-refractivity contribution in [2.24, 2.45) is 0 Å². The molecule has 1 aromatic carbocycles. The fourth-order valence-corrected chi connectivity index (χ4v) is 2.68. The number of benzene rings is 1. The highest BCUT2D eigenvalue weighted by molar-refractivity contribution is 7.89. The summed E-state index contributed by atoms with van der Waals surface area (Å²) in [5.74, 6) is -1.17. The number of carboxylic acids is 1. The van der Waals surface area contributed by atoms with Crippen molar-refractivity contribution in [2.75, 3.05) is 5.73 Å². The lowest BCUT2D eigenvalue weighted by molar-refractivity contribution is 0.0697. The number of hydrogen-bond donors (Lipinski definition) is 4. The summed E-state index contributed by atoms with van der Waals surface area (Å²) in [4.78, 5) is 10.6. The number of H-pyrrole nitrogens is 1. The Morgan fingerprint density at radius 3 is 2.70 bits per heavy atom. The molecule has 0 aliphatic carbocycles. The molecule has 1 aromatic heterocycles. The normalized spacial score (nSPS) is 11.4. The summed E-state index contributed by atoms with van der Waals surface area (Å²) in [6.07, 6.45) is 1.50. The average molecular weight is 296 g/mol. The molecule has 0 amide bonds. The summed E-state index contributed by atoms with van der Waals surface area (Å²) in [5, 5.41) is 15.1. The fraction of sp³-hybridized carbons (Fsp3) is 0.0909. The van der Waals surface area contributed by atoms with E-state index in [0.717, 1.165) is 12.1 Å². The third kappa shape index (κ3) is 2.95. The standard InChI is InChI=1S/C11H12N4O4S/c12-9-5-7(11(16)17)1-2-10(9)20(18,19)14-6-8-3-4-13-15-8/h1-5,14H,6,12H2,(H,13,15)(H,16,17). The van der Waals surface area contributed by atoms with Gasteiger partial charge in [0.1, 0.15) is 4.90 Å². The van der Waals surface area contributed by atoms with Gasteiger partial charge in [0, 0.05) is 6.20 Å². The van der Waals surface area contributed by atoms with E-state index in [1.165, 1.54) is 12.3 Å². The second-order valence-electron chi connectivity index (χ2n) is 3.96. The number of aromatic nitrogens is 2. The molecule has 106 valence electrons. The minimum atomic E-state index is -3.83. The maximum Gasteiger partial charge on any atom is 0.335 e. The fourth-order valence-electron chi connectivity index (χ4n) is 1.56. The van der Waals surface area contributed by atoms with E-state index in [-0.39, 0.29) is 22.7 Å². The molecule has 5 N–H and O–H groups in total. The van der Waals surface area contributed by atoms with Crippen LogP contribution in [0.2, 0.25) is 0 Å². The molecule has 0 bridgehead atoms.